The van der Waals surface area contributed by atoms with Gasteiger partial charge in [-0.3, -0.25) is 14.0 Å². The van der Waals surface area contributed by atoms with E-state index in [1.807, 2.05) is 83.3 Å². The van der Waals surface area contributed by atoms with Gasteiger partial charge in [-0.2, -0.15) is 0 Å². The molecule has 2 aromatic heterocycles. The van der Waals surface area contributed by atoms with E-state index in [0.29, 0.717) is 34.1 Å². The van der Waals surface area contributed by atoms with E-state index in [-0.39, 0.29) is 17.2 Å². The summed E-state index contributed by atoms with van der Waals surface area (Å²) in [6.07, 6.45) is 0. The van der Waals surface area contributed by atoms with Gasteiger partial charge >= 0.3 is 0 Å². The number of aromatic nitrogens is 4. The van der Waals surface area contributed by atoms with Crippen LogP contribution in [0.25, 0.3) is 22.4 Å². The van der Waals surface area contributed by atoms with Crippen LogP contribution in [0.5, 0.6) is 0 Å². The molecule has 2 heterocycles. The normalized spacial score (nSPS) is 11.2. The molecule has 0 bridgehead atoms. The molecule has 1 amide bonds. The lowest BCUT2D eigenvalue weighted by Crippen LogP contribution is -2.27. The lowest BCUT2D eigenvalue weighted by molar-refractivity contribution is -0.127. The third kappa shape index (κ3) is 4.01. The molecule has 0 unspecified atom stereocenters. The fraction of sp³-hybridized carbons (Fsp3) is 0.120. The predicted molar refractivity (Wildman–Crippen MR) is 130 cm³/mol. The molecule has 0 N–H and O–H groups in total. The molecule has 33 heavy (non-hydrogen) atoms. The van der Waals surface area contributed by atoms with Gasteiger partial charge in [0.05, 0.1) is 22.3 Å². The zero-order chi connectivity index (χ0) is 22.8. The number of rotatable bonds is 6. The van der Waals surface area contributed by atoms with E-state index in [0.717, 1.165) is 5.56 Å². The molecule has 0 aliphatic heterocycles. The molecule has 0 saturated carbocycles. The lowest BCUT2D eigenvalue weighted by atomic mass is 10.2. The molecule has 7 nitrogen and oxygen atoms in total. The van der Waals surface area contributed by atoms with Crippen LogP contribution in [0, 0.1) is 0 Å². The van der Waals surface area contributed by atoms with Crippen LogP contribution in [0.3, 0.4) is 0 Å². The van der Waals surface area contributed by atoms with Gasteiger partial charge in [0.2, 0.25) is 11.7 Å². The Kier molecular flexibility index (Phi) is 5.66. The molecule has 0 aliphatic carbocycles. The summed E-state index contributed by atoms with van der Waals surface area (Å²) in [5, 5.41) is 9.78. The number of para-hydroxylation sites is 2. The average molecular weight is 456 g/mol. The van der Waals surface area contributed by atoms with Crippen LogP contribution in [0.4, 0.5) is 0 Å². The Hall–Kier alpha value is -3.91. The van der Waals surface area contributed by atoms with Gasteiger partial charge in [-0.15, -0.1) is 10.2 Å². The van der Waals surface area contributed by atoms with E-state index in [1.165, 1.54) is 11.8 Å². The minimum absolute atomic E-state index is 0.0127. The third-order valence-electron chi connectivity index (χ3n) is 5.42. The predicted octanol–water partition coefficient (Wildman–Crippen LogP) is 3.78. The highest BCUT2D eigenvalue weighted by Gasteiger charge is 2.19. The zero-order valence-electron chi connectivity index (χ0n) is 18.0. The van der Waals surface area contributed by atoms with E-state index >= 15 is 0 Å². The van der Waals surface area contributed by atoms with Crippen LogP contribution in [0.2, 0.25) is 0 Å². The number of thioether (sulfide) groups is 1. The highest BCUT2D eigenvalue weighted by atomic mass is 32.2. The molecule has 0 atom stereocenters. The maximum Gasteiger partial charge on any atom is 0.267 e. The Bertz CT molecular complexity index is 1500. The SMILES string of the molecule is CN(Cc1ccccc1)C(=O)CSc1nnc2n(-c3ccccc3)c(=O)c3ccccc3n12. The van der Waals surface area contributed by atoms with Gasteiger partial charge in [0, 0.05) is 13.6 Å². The summed E-state index contributed by atoms with van der Waals surface area (Å²) >= 11 is 1.31. The van der Waals surface area contributed by atoms with Crippen molar-refractivity contribution < 1.29 is 4.79 Å². The number of carbonyl (C=O) groups excluding carboxylic acids is 1. The molecule has 5 aromatic rings. The van der Waals surface area contributed by atoms with Gasteiger partial charge in [0.25, 0.3) is 5.56 Å². The summed E-state index contributed by atoms with van der Waals surface area (Å²) < 4.78 is 3.40. The fourth-order valence-corrected chi connectivity index (χ4v) is 4.64. The van der Waals surface area contributed by atoms with Crippen LogP contribution >= 0.6 is 11.8 Å². The van der Waals surface area contributed by atoms with Crippen LogP contribution in [-0.2, 0) is 11.3 Å². The number of benzene rings is 3. The Morgan fingerprint density at radius 3 is 2.33 bits per heavy atom. The minimum atomic E-state index is -0.160. The number of hydrogen-bond acceptors (Lipinski definition) is 5. The zero-order valence-corrected chi connectivity index (χ0v) is 18.8. The van der Waals surface area contributed by atoms with Gasteiger partial charge in [-0.1, -0.05) is 72.4 Å². The van der Waals surface area contributed by atoms with Crippen LogP contribution in [0.1, 0.15) is 5.56 Å². The van der Waals surface area contributed by atoms with E-state index in [9.17, 15) is 9.59 Å². The van der Waals surface area contributed by atoms with Crippen molar-refractivity contribution in [2.75, 3.05) is 12.8 Å². The Balaban J connectivity index is 1.50. The monoisotopic (exact) mass is 455 g/mol. The molecule has 0 fully saturated rings. The van der Waals surface area contributed by atoms with E-state index in [2.05, 4.69) is 10.2 Å². The first-order valence-corrected chi connectivity index (χ1v) is 11.5. The summed E-state index contributed by atoms with van der Waals surface area (Å²) in [6, 6.07) is 26.6. The quantitative estimate of drug-likeness (QED) is 0.364. The minimum Gasteiger partial charge on any atom is -0.341 e. The van der Waals surface area contributed by atoms with Crippen molar-refractivity contribution in [3.05, 3.63) is 101 Å². The first-order valence-electron chi connectivity index (χ1n) is 10.5. The van der Waals surface area contributed by atoms with Crippen molar-refractivity contribution in [1.29, 1.82) is 0 Å². The van der Waals surface area contributed by atoms with E-state index < -0.39 is 0 Å². The summed E-state index contributed by atoms with van der Waals surface area (Å²) in [5.41, 5.74) is 2.33. The summed E-state index contributed by atoms with van der Waals surface area (Å²) in [7, 11) is 1.79. The first kappa shape index (κ1) is 21.0. The Labute approximate surface area is 194 Å². The number of nitrogens with zero attached hydrogens (tertiary/aromatic N) is 5. The highest BCUT2D eigenvalue weighted by Crippen LogP contribution is 2.23. The first-order chi connectivity index (χ1) is 16.1. The van der Waals surface area contributed by atoms with Gasteiger partial charge < -0.3 is 4.90 Å². The van der Waals surface area contributed by atoms with E-state index in [1.54, 1.807) is 22.6 Å². The summed E-state index contributed by atoms with van der Waals surface area (Å²) in [6.45, 7) is 0.539. The molecule has 0 aliphatic rings. The van der Waals surface area contributed by atoms with Crippen molar-refractivity contribution >= 4 is 34.3 Å². The molecule has 0 radical (unpaired) electrons. The molecular weight excluding hydrogens is 434 g/mol. The molecule has 3 aromatic carbocycles. The second kappa shape index (κ2) is 8.91. The van der Waals surface area contributed by atoms with Gasteiger partial charge in [0.15, 0.2) is 5.16 Å². The van der Waals surface area contributed by atoms with Crippen molar-refractivity contribution in [3.8, 4) is 5.69 Å². The Morgan fingerprint density at radius 1 is 0.909 bits per heavy atom. The summed E-state index contributed by atoms with van der Waals surface area (Å²) in [4.78, 5) is 27.8. The van der Waals surface area contributed by atoms with E-state index in [4.69, 9.17) is 0 Å². The third-order valence-corrected chi connectivity index (χ3v) is 6.34. The number of fused-ring (bicyclic) bond motifs is 3. The molecule has 164 valence electrons. The second-order valence-corrected chi connectivity index (χ2v) is 8.58. The number of amides is 1. The van der Waals surface area contributed by atoms with Gasteiger partial charge in [-0.25, -0.2) is 4.57 Å². The maximum absolute atomic E-state index is 13.3. The highest BCUT2D eigenvalue weighted by molar-refractivity contribution is 7.99. The van der Waals surface area contributed by atoms with Crippen molar-refractivity contribution in [1.82, 2.24) is 24.1 Å². The van der Waals surface area contributed by atoms with Crippen molar-refractivity contribution in [2.45, 2.75) is 11.7 Å². The van der Waals surface area contributed by atoms with Crippen molar-refractivity contribution in [2.24, 2.45) is 0 Å². The standard InChI is InChI=1S/C25H21N5O2S/c1-28(16-18-10-4-2-5-11-18)22(31)17-33-25-27-26-24-29(19-12-6-3-7-13-19)23(32)20-14-8-9-15-21(20)30(24)25/h2-15H,16-17H2,1H3. The fourth-order valence-electron chi connectivity index (χ4n) is 3.76. The topological polar surface area (TPSA) is 72.5 Å². The average Bonchev–Trinajstić information content (AvgIpc) is 3.27. The largest absolute Gasteiger partial charge is 0.341 e. The molecule has 0 spiro atoms. The van der Waals surface area contributed by atoms with Crippen LogP contribution in [-0.4, -0.2) is 42.8 Å². The molecule has 0 saturated heterocycles. The van der Waals surface area contributed by atoms with Crippen LogP contribution in [0.15, 0.2) is 94.9 Å². The van der Waals surface area contributed by atoms with Gasteiger partial charge in [0.1, 0.15) is 0 Å². The molecular formula is C25H21N5O2S. The maximum atomic E-state index is 13.3. The summed E-state index contributed by atoms with van der Waals surface area (Å²) in [5.74, 6) is 0.613. The molecule has 5 rings (SSSR count). The van der Waals surface area contributed by atoms with Crippen molar-refractivity contribution in [3.63, 3.8) is 0 Å². The number of hydrogen-bond donors (Lipinski definition) is 0. The molecule has 8 heteroatoms. The second-order valence-electron chi connectivity index (χ2n) is 7.64. The lowest BCUT2D eigenvalue weighted by Gasteiger charge is -2.17. The smallest absolute Gasteiger partial charge is 0.267 e. The van der Waals surface area contributed by atoms with Gasteiger partial charge in [-0.05, 0) is 29.8 Å². The Morgan fingerprint density at radius 2 is 1.58 bits per heavy atom. The number of carbonyl (C=O) groups is 1. The van der Waals surface area contributed by atoms with Crippen LogP contribution < -0.4 is 5.56 Å².